The number of aryl methyl sites for hydroxylation is 1. The van der Waals surface area contributed by atoms with E-state index in [4.69, 9.17) is 0 Å². The van der Waals surface area contributed by atoms with E-state index in [1.54, 1.807) is 24.5 Å². The molecule has 6 heteroatoms. The zero-order chi connectivity index (χ0) is 15.5. The van der Waals surface area contributed by atoms with Crippen LogP contribution in [0.5, 0.6) is 5.75 Å². The Morgan fingerprint density at radius 3 is 2.59 bits per heavy atom. The number of thiazole rings is 1. The number of hydrogen-bond acceptors (Lipinski definition) is 4. The number of nitrogens with zero attached hydrogens (tertiary/aromatic N) is 2. The van der Waals surface area contributed by atoms with Gasteiger partial charge in [0.2, 0.25) is 0 Å². The molecule has 2 heterocycles. The summed E-state index contributed by atoms with van der Waals surface area (Å²) >= 11 is 1.52. The number of rotatable bonds is 4. The van der Waals surface area contributed by atoms with E-state index in [9.17, 15) is 8.78 Å². The van der Waals surface area contributed by atoms with Gasteiger partial charge in [0.1, 0.15) is 10.8 Å². The van der Waals surface area contributed by atoms with Crippen molar-refractivity contribution in [3.8, 4) is 27.6 Å². The van der Waals surface area contributed by atoms with E-state index in [2.05, 4.69) is 14.7 Å². The predicted molar refractivity (Wildman–Crippen MR) is 82.2 cm³/mol. The molecule has 0 amide bonds. The van der Waals surface area contributed by atoms with E-state index >= 15 is 0 Å². The van der Waals surface area contributed by atoms with Crippen molar-refractivity contribution in [1.29, 1.82) is 0 Å². The van der Waals surface area contributed by atoms with Crippen LogP contribution in [-0.2, 0) is 0 Å². The molecule has 0 spiro atoms. The fourth-order valence-corrected chi connectivity index (χ4v) is 2.93. The number of aromatic nitrogens is 2. The topological polar surface area (TPSA) is 35.0 Å². The summed E-state index contributed by atoms with van der Waals surface area (Å²) in [5.41, 5.74) is 3.76. The van der Waals surface area contributed by atoms with E-state index < -0.39 is 6.61 Å². The summed E-state index contributed by atoms with van der Waals surface area (Å²) in [4.78, 5) is 8.71. The molecule has 3 rings (SSSR count). The summed E-state index contributed by atoms with van der Waals surface area (Å²) in [6.07, 6.45) is 3.53. The summed E-state index contributed by atoms with van der Waals surface area (Å²) in [6, 6.07) is 8.39. The minimum Gasteiger partial charge on any atom is -0.435 e. The van der Waals surface area contributed by atoms with Crippen LogP contribution in [-0.4, -0.2) is 16.6 Å². The summed E-state index contributed by atoms with van der Waals surface area (Å²) in [6.45, 7) is -0.806. The van der Waals surface area contributed by atoms with Crippen molar-refractivity contribution in [3.63, 3.8) is 0 Å². The molecule has 0 N–H and O–H groups in total. The van der Waals surface area contributed by atoms with E-state index in [-0.39, 0.29) is 5.75 Å². The molecule has 3 aromatic rings. The van der Waals surface area contributed by atoms with Crippen molar-refractivity contribution in [2.24, 2.45) is 0 Å². The lowest BCUT2D eigenvalue weighted by molar-refractivity contribution is -0.0498. The number of benzene rings is 1. The fourth-order valence-electron chi connectivity index (χ4n) is 2.03. The third-order valence-electron chi connectivity index (χ3n) is 3.15. The maximum Gasteiger partial charge on any atom is 0.387 e. The molecule has 0 aliphatic rings. The fraction of sp³-hybridized carbons (Fsp3) is 0.125. The van der Waals surface area contributed by atoms with Gasteiger partial charge in [0, 0.05) is 28.9 Å². The van der Waals surface area contributed by atoms with Crippen LogP contribution in [0.25, 0.3) is 21.8 Å². The maximum atomic E-state index is 12.1. The highest BCUT2D eigenvalue weighted by Gasteiger charge is 2.10. The Balaban J connectivity index is 1.86. The van der Waals surface area contributed by atoms with Crippen LogP contribution < -0.4 is 4.74 Å². The summed E-state index contributed by atoms with van der Waals surface area (Å²) in [5, 5.41) is 2.82. The second-order valence-electron chi connectivity index (χ2n) is 4.63. The number of alkyl halides is 2. The van der Waals surface area contributed by atoms with E-state index in [0.29, 0.717) is 0 Å². The first-order valence-corrected chi connectivity index (χ1v) is 7.43. The van der Waals surface area contributed by atoms with E-state index in [1.165, 1.54) is 23.5 Å². The van der Waals surface area contributed by atoms with Gasteiger partial charge in [-0.05, 0) is 42.8 Å². The molecule has 0 unspecified atom stereocenters. The Hall–Kier alpha value is -2.34. The number of hydrogen-bond donors (Lipinski definition) is 0. The standard InChI is InChI=1S/C16H12F2N2OS/c1-10-6-7-19-8-13(10)15-20-14(9-22-15)11-2-4-12(5-3-11)21-16(17)18/h2-9,16H,1H3. The highest BCUT2D eigenvalue weighted by atomic mass is 32.1. The van der Waals surface area contributed by atoms with Crippen molar-refractivity contribution >= 4 is 11.3 Å². The van der Waals surface area contributed by atoms with E-state index in [1.807, 2.05) is 18.4 Å². The van der Waals surface area contributed by atoms with Crippen LogP contribution in [0, 0.1) is 6.92 Å². The predicted octanol–water partition coefficient (Wildman–Crippen LogP) is 4.78. The van der Waals surface area contributed by atoms with Gasteiger partial charge in [-0.25, -0.2) is 4.98 Å². The molecule has 0 atom stereocenters. The largest absolute Gasteiger partial charge is 0.435 e. The SMILES string of the molecule is Cc1ccncc1-c1nc(-c2ccc(OC(F)F)cc2)cs1. The molecule has 112 valence electrons. The third kappa shape index (κ3) is 3.12. The lowest BCUT2D eigenvalue weighted by Crippen LogP contribution is -2.01. The normalized spacial score (nSPS) is 10.9. The molecule has 0 fully saturated rings. The lowest BCUT2D eigenvalue weighted by Gasteiger charge is -2.04. The Bertz CT molecular complexity index is 772. The van der Waals surface area contributed by atoms with Gasteiger partial charge in [-0.3, -0.25) is 4.98 Å². The van der Waals surface area contributed by atoms with Gasteiger partial charge in [0.05, 0.1) is 5.69 Å². The highest BCUT2D eigenvalue weighted by Crippen LogP contribution is 2.31. The van der Waals surface area contributed by atoms with Crippen LogP contribution in [0.3, 0.4) is 0 Å². The van der Waals surface area contributed by atoms with Crippen LogP contribution in [0.2, 0.25) is 0 Å². The zero-order valence-electron chi connectivity index (χ0n) is 11.7. The van der Waals surface area contributed by atoms with Crippen molar-refractivity contribution in [3.05, 3.63) is 53.7 Å². The first kappa shape index (κ1) is 14.6. The number of halogens is 2. The average molecular weight is 318 g/mol. The highest BCUT2D eigenvalue weighted by molar-refractivity contribution is 7.13. The van der Waals surface area contributed by atoms with Gasteiger partial charge in [0.25, 0.3) is 0 Å². The molecule has 0 saturated carbocycles. The Morgan fingerprint density at radius 2 is 1.91 bits per heavy atom. The monoisotopic (exact) mass is 318 g/mol. The molecule has 0 aliphatic carbocycles. The average Bonchev–Trinajstić information content (AvgIpc) is 2.97. The molecule has 0 radical (unpaired) electrons. The smallest absolute Gasteiger partial charge is 0.387 e. The summed E-state index contributed by atoms with van der Waals surface area (Å²) < 4.78 is 28.6. The Morgan fingerprint density at radius 1 is 1.14 bits per heavy atom. The van der Waals surface area contributed by atoms with Crippen LogP contribution >= 0.6 is 11.3 Å². The molecule has 22 heavy (non-hydrogen) atoms. The Labute approximate surface area is 130 Å². The first-order valence-electron chi connectivity index (χ1n) is 6.55. The number of pyridine rings is 1. The molecule has 0 saturated heterocycles. The van der Waals surface area contributed by atoms with Crippen LogP contribution in [0.4, 0.5) is 8.78 Å². The van der Waals surface area contributed by atoms with Crippen molar-refractivity contribution in [2.45, 2.75) is 13.5 Å². The lowest BCUT2D eigenvalue weighted by atomic mass is 10.1. The molecular weight excluding hydrogens is 306 g/mol. The summed E-state index contributed by atoms with van der Waals surface area (Å²) in [7, 11) is 0. The van der Waals surface area contributed by atoms with Crippen molar-refractivity contribution < 1.29 is 13.5 Å². The van der Waals surface area contributed by atoms with Crippen LogP contribution in [0.15, 0.2) is 48.1 Å². The third-order valence-corrected chi connectivity index (χ3v) is 4.02. The number of ether oxygens (including phenoxy) is 1. The molecule has 0 aliphatic heterocycles. The minimum absolute atomic E-state index is 0.136. The Kier molecular flexibility index (Phi) is 4.11. The molecule has 3 nitrogen and oxygen atoms in total. The second kappa shape index (κ2) is 6.19. The maximum absolute atomic E-state index is 12.1. The van der Waals surface area contributed by atoms with E-state index in [0.717, 1.165) is 27.4 Å². The summed E-state index contributed by atoms with van der Waals surface area (Å²) in [5.74, 6) is 0.136. The zero-order valence-corrected chi connectivity index (χ0v) is 12.5. The van der Waals surface area contributed by atoms with Gasteiger partial charge < -0.3 is 4.74 Å². The van der Waals surface area contributed by atoms with Crippen LogP contribution in [0.1, 0.15) is 5.56 Å². The molecule has 1 aromatic carbocycles. The van der Waals surface area contributed by atoms with Gasteiger partial charge in [-0.2, -0.15) is 8.78 Å². The molecule has 0 bridgehead atoms. The quantitative estimate of drug-likeness (QED) is 0.694. The second-order valence-corrected chi connectivity index (χ2v) is 5.49. The molecule has 2 aromatic heterocycles. The molecular formula is C16H12F2N2OS. The van der Waals surface area contributed by atoms with Gasteiger partial charge in [-0.1, -0.05) is 0 Å². The minimum atomic E-state index is -2.81. The van der Waals surface area contributed by atoms with Gasteiger partial charge >= 0.3 is 6.61 Å². The van der Waals surface area contributed by atoms with Gasteiger partial charge in [-0.15, -0.1) is 11.3 Å². The first-order chi connectivity index (χ1) is 10.6. The van der Waals surface area contributed by atoms with Crippen molar-refractivity contribution in [1.82, 2.24) is 9.97 Å². The van der Waals surface area contributed by atoms with Crippen molar-refractivity contribution in [2.75, 3.05) is 0 Å². The van der Waals surface area contributed by atoms with Gasteiger partial charge in [0.15, 0.2) is 0 Å².